The highest BCUT2D eigenvalue weighted by Gasteiger charge is 2.06. The van der Waals surface area contributed by atoms with Gasteiger partial charge >= 0.3 is 0 Å². The van der Waals surface area contributed by atoms with Crippen LogP contribution in [0.15, 0.2) is 12.1 Å². The van der Waals surface area contributed by atoms with E-state index in [0.29, 0.717) is 5.69 Å². The zero-order valence-corrected chi connectivity index (χ0v) is 8.01. The molecule has 0 spiro atoms. The van der Waals surface area contributed by atoms with Gasteiger partial charge in [-0.1, -0.05) is 6.07 Å². The Labute approximate surface area is 77.4 Å². The lowest BCUT2D eigenvalue weighted by atomic mass is 10.2. The maximum Gasteiger partial charge on any atom is 0.269 e. The second-order valence-electron chi connectivity index (χ2n) is 2.69. The van der Waals surface area contributed by atoms with E-state index in [0.717, 1.165) is 11.4 Å². The second kappa shape index (κ2) is 3.89. The van der Waals surface area contributed by atoms with E-state index in [2.05, 4.69) is 15.6 Å². The van der Waals surface area contributed by atoms with Crippen molar-refractivity contribution in [3.63, 3.8) is 0 Å². The molecule has 13 heavy (non-hydrogen) atoms. The summed E-state index contributed by atoms with van der Waals surface area (Å²) in [6, 6.07) is 3.57. The van der Waals surface area contributed by atoms with Crippen LogP contribution in [0.25, 0.3) is 0 Å². The predicted octanol–water partition coefficient (Wildman–Crippen LogP) is 0.791. The van der Waals surface area contributed by atoms with Gasteiger partial charge < -0.3 is 10.6 Å². The number of aryl methyl sites for hydroxylation is 1. The minimum absolute atomic E-state index is 0.170. The highest BCUT2D eigenvalue weighted by atomic mass is 16.1. The van der Waals surface area contributed by atoms with Gasteiger partial charge in [0.05, 0.1) is 0 Å². The number of aromatic nitrogens is 1. The van der Waals surface area contributed by atoms with Crippen molar-refractivity contribution in [1.82, 2.24) is 10.3 Å². The number of anilines is 1. The fourth-order valence-electron chi connectivity index (χ4n) is 1.04. The van der Waals surface area contributed by atoms with Crippen molar-refractivity contribution in [3.05, 3.63) is 23.4 Å². The van der Waals surface area contributed by atoms with Crippen LogP contribution in [0.5, 0.6) is 0 Å². The zero-order chi connectivity index (χ0) is 9.84. The van der Waals surface area contributed by atoms with Gasteiger partial charge in [-0.25, -0.2) is 4.98 Å². The molecule has 0 saturated carbocycles. The van der Waals surface area contributed by atoms with Gasteiger partial charge in [-0.15, -0.1) is 0 Å². The number of carbonyl (C=O) groups is 1. The number of pyridine rings is 1. The molecule has 0 saturated heterocycles. The molecule has 1 rings (SSSR count). The van der Waals surface area contributed by atoms with E-state index < -0.39 is 0 Å². The average molecular weight is 179 g/mol. The predicted molar refractivity (Wildman–Crippen MR) is 51.9 cm³/mol. The van der Waals surface area contributed by atoms with Crippen LogP contribution in [0.4, 0.5) is 5.82 Å². The van der Waals surface area contributed by atoms with Crippen LogP contribution in [0.2, 0.25) is 0 Å². The average Bonchev–Trinajstić information content (AvgIpc) is 2.17. The minimum atomic E-state index is -0.170. The Morgan fingerprint density at radius 2 is 2.08 bits per heavy atom. The van der Waals surface area contributed by atoms with E-state index >= 15 is 0 Å². The minimum Gasteiger partial charge on any atom is -0.373 e. The molecule has 1 aromatic heterocycles. The molecule has 0 aliphatic carbocycles. The smallest absolute Gasteiger partial charge is 0.269 e. The number of hydrogen-bond acceptors (Lipinski definition) is 3. The second-order valence-corrected chi connectivity index (χ2v) is 2.69. The van der Waals surface area contributed by atoms with Crippen molar-refractivity contribution in [1.29, 1.82) is 0 Å². The fourth-order valence-corrected chi connectivity index (χ4v) is 1.04. The third-order valence-corrected chi connectivity index (χ3v) is 1.79. The lowest BCUT2D eigenvalue weighted by Crippen LogP contribution is -2.19. The number of nitrogens with zero attached hydrogens (tertiary/aromatic N) is 1. The van der Waals surface area contributed by atoms with Gasteiger partial charge in [-0.05, 0) is 18.6 Å². The summed E-state index contributed by atoms with van der Waals surface area (Å²) in [5, 5.41) is 5.45. The summed E-state index contributed by atoms with van der Waals surface area (Å²) in [5.74, 6) is 0.567. The van der Waals surface area contributed by atoms with Gasteiger partial charge in [0.2, 0.25) is 0 Å². The zero-order valence-electron chi connectivity index (χ0n) is 8.01. The summed E-state index contributed by atoms with van der Waals surface area (Å²) in [5.41, 5.74) is 1.45. The monoisotopic (exact) mass is 179 g/mol. The molecule has 2 N–H and O–H groups in total. The van der Waals surface area contributed by atoms with E-state index in [9.17, 15) is 4.79 Å². The molecule has 0 aromatic carbocycles. The Morgan fingerprint density at radius 3 is 2.62 bits per heavy atom. The molecule has 0 radical (unpaired) electrons. The number of nitrogens with one attached hydrogen (secondary N) is 2. The highest BCUT2D eigenvalue weighted by Crippen LogP contribution is 2.10. The van der Waals surface area contributed by atoms with Gasteiger partial charge in [-0.2, -0.15) is 0 Å². The Morgan fingerprint density at radius 1 is 1.38 bits per heavy atom. The van der Waals surface area contributed by atoms with Gasteiger partial charge in [0.15, 0.2) is 0 Å². The molecule has 0 fully saturated rings. The number of amides is 1. The molecule has 1 aromatic rings. The molecule has 0 bridgehead atoms. The topological polar surface area (TPSA) is 54.0 Å². The van der Waals surface area contributed by atoms with Crippen molar-refractivity contribution >= 4 is 11.7 Å². The molecular formula is C9H13N3O. The van der Waals surface area contributed by atoms with E-state index in [1.54, 1.807) is 20.2 Å². The van der Waals surface area contributed by atoms with Crippen molar-refractivity contribution in [3.8, 4) is 0 Å². The van der Waals surface area contributed by atoms with Gasteiger partial charge in [0.1, 0.15) is 11.5 Å². The summed E-state index contributed by atoms with van der Waals surface area (Å²) >= 11 is 0. The molecule has 0 aliphatic rings. The van der Waals surface area contributed by atoms with Gasteiger partial charge in [0.25, 0.3) is 5.91 Å². The molecule has 0 atom stereocenters. The first-order chi connectivity index (χ1) is 6.19. The van der Waals surface area contributed by atoms with E-state index in [-0.39, 0.29) is 5.91 Å². The molecule has 4 heteroatoms. The summed E-state index contributed by atoms with van der Waals surface area (Å²) in [6.07, 6.45) is 0. The largest absolute Gasteiger partial charge is 0.373 e. The fraction of sp³-hybridized carbons (Fsp3) is 0.333. The molecule has 4 nitrogen and oxygen atoms in total. The number of rotatable bonds is 2. The first kappa shape index (κ1) is 9.51. The quantitative estimate of drug-likeness (QED) is 0.705. The van der Waals surface area contributed by atoms with Crippen LogP contribution in [0.1, 0.15) is 16.1 Å². The van der Waals surface area contributed by atoms with Crippen molar-refractivity contribution in [2.24, 2.45) is 0 Å². The van der Waals surface area contributed by atoms with Crippen LogP contribution in [-0.4, -0.2) is 25.0 Å². The maximum atomic E-state index is 11.2. The summed E-state index contributed by atoms with van der Waals surface area (Å²) in [4.78, 5) is 15.3. The third-order valence-electron chi connectivity index (χ3n) is 1.79. The summed E-state index contributed by atoms with van der Waals surface area (Å²) in [6.45, 7) is 1.94. The van der Waals surface area contributed by atoms with Crippen molar-refractivity contribution in [2.45, 2.75) is 6.92 Å². The normalized spacial score (nSPS) is 9.46. The number of hydrogen-bond donors (Lipinski definition) is 2. The van der Waals surface area contributed by atoms with E-state index in [1.165, 1.54) is 0 Å². The molecule has 1 heterocycles. The Bertz CT molecular complexity index is 323. The Kier molecular flexibility index (Phi) is 2.84. The maximum absolute atomic E-state index is 11.2. The third kappa shape index (κ3) is 1.96. The van der Waals surface area contributed by atoms with E-state index in [4.69, 9.17) is 0 Å². The van der Waals surface area contributed by atoms with Crippen LogP contribution in [0, 0.1) is 6.92 Å². The first-order valence-electron chi connectivity index (χ1n) is 4.06. The SMILES string of the molecule is CNC(=O)c1ccc(C)c(NC)n1. The highest BCUT2D eigenvalue weighted by molar-refractivity contribution is 5.92. The van der Waals surface area contributed by atoms with Crippen LogP contribution in [0.3, 0.4) is 0 Å². The van der Waals surface area contributed by atoms with Crippen molar-refractivity contribution in [2.75, 3.05) is 19.4 Å². The lowest BCUT2D eigenvalue weighted by molar-refractivity contribution is 0.0958. The molecule has 1 amide bonds. The van der Waals surface area contributed by atoms with Crippen LogP contribution in [-0.2, 0) is 0 Å². The standard InChI is InChI=1S/C9H13N3O/c1-6-4-5-7(9(13)11-3)12-8(6)10-2/h4-5H,1-3H3,(H,10,12)(H,11,13). The number of carbonyl (C=O) groups excluding carboxylic acids is 1. The van der Waals surface area contributed by atoms with Crippen LogP contribution >= 0.6 is 0 Å². The van der Waals surface area contributed by atoms with Gasteiger partial charge in [0, 0.05) is 14.1 Å². The van der Waals surface area contributed by atoms with Crippen LogP contribution < -0.4 is 10.6 Å². The molecule has 70 valence electrons. The molecule has 0 aliphatic heterocycles. The summed E-state index contributed by atoms with van der Waals surface area (Å²) < 4.78 is 0. The van der Waals surface area contributed by atoms with Gasteiger partial charge in [-0.3, -0.25) is 4.79 Å². The summed E-state index contributed by atoms with van der Waals surface area (Å²) in [7, 11) is 3.37. The van der Waals surface area contributed by atoms with Crippen molar-refractivity contribution < 1.29 is 4.79 Å². The first-order valence-corrected chi connectivity index (χ1v) is 4.06. The molecule has 0 unspecified atom stereocenters. The van der Waals surface area contributed by atoms with E-state index in [1.807, 2.05) is 13.0 Å². The Hall–Kier alpha value is -1.58. The Balaban J connectivity index is 3.06. The molecular weight excluding hydrogens is 166 g/mol. The lowest BCUT2D eigenvalue weighted by Gasteiger charge is -2.05.